The molecule has 5 heteroatoms. The van der Waals surface area contributed by atoms with E-state index in [2.05, 4.69) is 6.07 Å². The lowest BCUT2D eigenvalue weighted by Gasteiger charge is -2.09. The van der Waals surface area contributed by atoms with Crippen LogP contribution in [-0.4, -0.2) is 12.1 Å². The van der Waals surface area contributed by atoms with Gasteiger partial charge in [-0.05, 0) is 35.8 Å². The van der Waals surface area contributed by atoms with E-state index in [1.165, 1.54) is 0 Å². The van der Waals surface area contributed by atoms with E-state index >= 15 is 0 Å². The van der Waals surface area contributed by atoms with Crippen LogP contribution in [0.1, 0.15) is 11.1 Å². The Kier molecular flexibility index (Phi) is 2.96. The number of hydrogen-bond donors (Lipinski definition) is 1. The van der Waals surface area contributed by atoms with Gasteiger partial charge in [0.15, 0.2) is 0 Å². The first-order chi connectivity index (χ1) is 9.28. The number of fused-ring (bicyclic) bond motifs is 1. The summed E-state index contributed by atoms with van der Waals surface area (Å²) in [6, 6.07) is 14.4. The highest BCUT2D eigenvalue weighted by Crippen LogP contribution is 2.27. The minimum absolute atomic E-state index is 0.336. The molecule has 2 aromatic carbocycles. The third-order valence-electron chi connectivity index (χ3n) is 3.03. The molecule has 0 aromatic heterocycles. The van der Waals surface area contributed by atoms with Gasteiger partial charge in [0.2, 0.25) is 0 Å². The van der Waals surface area contributed by atoms with Crippen LogP contribution in [-0.2, 0) is 11.3 Å². The molecule has 0 spiro atoms. The Balaban J connectivity index is 1.90. The molecule has 3 rings (SSSR count). The van der Waals surface area contributed by atoms with Gasteiger partial charge in [-0.25, -0.2) is 0 Å². The van der Waals surface area contributed by atoms with Crippen LogP contribution in [0.4, 0.5) is 0 Å². The smallest absolute Gasteiger partial charge is 0.457 e. The number of rotatable bonds is 2. The van der Waals surface area contributed by atoms with Crippen molar-refractivity contribution in [1.82, 2.24) is 0 Å². The number of hydrogen-bond acceptors (Lipinski definition) is 4. The van der Waals surface area contributed by atoms with Crippen molar-refractivity contribution in [2.75, 3.05) is 0 Å². The van der Waals surface area contributed by atoms with E-state index in [9.17, 15) is 5.02 Å². The summed E-state index contributed by atoms with van der Waals surface area (Å²) in [4.78, 5) is 0. The summed E-state index contributed by atoms with van der Waals surface area (Å²) in [7, 11) is -0.875. The number of ether oxygens (including phenoxy) is 1. The molecule has 0 fully saturated rings. The molecule has 0 bridgehead atoms. The van der Waals surface area contributed by atoms with Crippen molar-refractivity contribution in [3.8, 4) is 17.6 Å². The lowest BCUT2D eigenvalue weighted by atomic mass is 9.79. The predicted octanol–water partition coefficient (Wildman–Crippen LogP) is 1.57. The third-order valence-corrected chi connectivity index (χ3v) is 3.03. The van der Waals surface area contributed by atoms with E-state index in [-0.39, 0.29) is 0 Å². The second-order valence-electron chi connectivity index (χ2n) is 4.23. The first-order valence-electron chi connectivity index (χ1n) is 5.87. The van der Waals surface area contributed by atoms with E-state index in [0.29, 0.717) is 23.7 Å². The average Bonchev–Trinajstić information content (AvgIpc) is 2.83. The summed E-state index contributed by atoms with van der Waals surface area (Å²) in [5.74, 6) is 1.31. The Morgan fingerprint density at radius 3 is 2.74 bits per heavy atom. The molecule has 92 valence electrons. The largest absolute Gasteiger partial charge is 0.491 e. The molecule has 4 nitrogen and oxygen atoms in total. The number of nitriles is 1. The summed E-state index contributed by atoms with van der Waals surface area (Å²) in [5, 5.41) is 18.4. The molecule has 1 aliphatic rings. The van der Waals surface area contributed by atoms with Crippen molar-refractivity contribution in [2.45, 2.75) is 6.61 Å². The SMILES string of the molecule is N#Cc1ccc(Oc2cccc3c2COB3O)cc1. The quantitative estimate of drug-likeness (QED) is 0.823. The van der Waals surface area contributed by atoms with Gasteiger partial charge < -0.3 is 14.4 Å². The van der Waals surface area contributed by atoms with Gasteiger partial charge in [0.05, 0.1) is 18.2 Å². The molecule has 0 amide bonds. The third kappa shape index (κ3) is 2.19. The van der Waals surface area contributed by atoms with Crippen molar-refractivity contribution in [1.29, 1.82) is 5.26 Å². The maximum absolute atomic E-state index is 9.63. The first-order valence-corrected chi connectivity index (χ1v) is 5.87. The minimum Gasteiger partial charge on any atom is -0.457 e. The van der Waals surface area contributed by atoms with Gasteiger partial charge in [-0.1, -0.05) is 12.1 Å². The molecule has 2 aromatic rings. The summed E-state index contributed by atoms with van der Waals surface area (Å²) in [6.45, 7) is 0.336. The zero-order valence-corrected chi connectivity index (χ0v) is 10.0. The summed E-state index contributed by atoms with van der Waals surface area (Å²) < 4.78 is 10.9. The normalized spacial score (nSPS) is 12.9. The van der Waals surface area contributed by atoms with Crippen LogP contribution in [0.2, 0.25) is 0 Å². The van der Waals surface area contributed by atoms with Crippen LogP contribution in [0.25, 0.3) is 0 Å². The second-order valence-corrected chi connectivity index (χ2v) is 4.23. The first kappa shape index (κ1) is 11.8. The van der Waals surface area contributed by atoms with Crippen LogP contribution in [0, 0.1) is 11.3 Å². The molecule has 1 N–H and O–H groups in total. The Labute approximate surface area is 111 Å². The average molecular weight is 251 g/mol. The van der Waals surface area contributed by atoms with Crippen LogP contribution in [0.5, 0.6) is 11.5 Å². The summed E-state index contributed by atoms with van der Waals surface area (Å²) in [5.41, 5.74) is 2.19. The molecule has 0 aliphatic carbocycles. The Morgan fingerprint density at radius 1 is 1.21 bits per heavy atom. The van der Waals surface area contributed by atoms with Crippen LogP contribution >= 0.6 is 0 Å². The fourth-order valence-corrected chi connectivity index (χ4v) is 2.04. The zero-order valence-electron chi connectivity index (χ0n) is 10.0. The fraction of sp³-hybridized carbons (Fsp3) is 0.0714. The van der Waals surface area contributed by atoms with Gasteiger partial charge in [0, 0.05) is 5.56 Å². The van der Waals surface area contributed by atoms with Crippen molar-refractivity contribution < 1.29 is 14.4 Å². The highest BCUT2D eigenvalue weighted by atomic mass is 16.5. The molecule has 1 aliphatic heterocycles. The fourth-order valence-electron chi connectivity index (χ4n) is 2.04. The van der Waals surface area contributed by atoms with Gasteiger partial charge in [-0.3, -0.25) is 0 Å². The van der Waals surface area contributed by atoms with E-state index in [1.54, 1.807) is 24.3 Å². The van der Waals surface area contributed by atoms with E-state index < -0.39 is 7.12 Å². The van der Waals surface area contributed by atoms with E-state index in [1.807, 2.05) is 18.2 Å². The molecule has 0 atom stereocenters. The molecule has 0 unspecified atom stereocenters. The molecule has 0 radical (unpaired) electrons. The minimum atomic E-state index is -0.875. The van der Waals surface area contributed by atoms with Crippen LogP contribution in [0.15, 0.2) is 42.5 Å². The van der Waals surface area contributed by atoms with Crippen LogP contribution in [0.3, 0.4) is 0 Å². The maximum atomic E-state index is 9.63. The zero-order chi connectivity index (χ0) is 13.2. The van der Waals surface area contributed by atoms with E-state index in [0.717, 1.165) is 11.0 Å². The number of benzene rings is 2. The van der Waals surface area contributed by atoms with Gasteiger partial charge in [-0.15, -0.1) is 0 Å². The van der Waals surface area contributed by atoms with Crippen molar-refractivity contribution in [3.63, 3.8) is 0 Å². The van der Waals surface area contributed by atoms with Crippen molar-refractivity contribution in [2.24, 2.45) is 0 Å². The Morgan fingerprint density at radius 2 is 2.00 bits per heavy atom. The van der Waals surface area contributed by atoms with E-state index in [4.69, 9.17) is 14.7 Å². The molecule has 19 heavy (non-hydrogen) atoms. The topological polar surface area (TPSA) is 62.5 Å². The van der Waals surface area contributed by atoms with Crippen molar-refractivity contribution in [3.05, 3.63) is 53.6 Å². The lowest BCUT2D eigenvalue weighted by Crippen LogP contribution is -2.27. The Hall–Kier alpha value is -2.29. The molecular weight excluding hydrogens is 241 g/mol. The molecule has 0 saturated heterocycles. The highest BCUT2D eigenvalue weighted by molar-refractivity contribution is 6.61. The van der Waals surface area contributed by atoms with Gasteiger partial charge >= 0.3 is 7.12 Å². The van der Waals surface area contributed by atoms with Crippen LogP contribution < -0.4 is 10.2 Å². The Bertz CT molecular complexity index is 649. The number of nitrogens with zero attached hydrogens (tertiary/aromatic N) is 1. The van der Waals surface area contributed by atoms with Crippen molar-refractivity contribution >= 4 is 12.6 Å². The summed E-state index contributed by atoms with van der Waals surface area (Å²) in [6.07, 6.45) is 0. The van der Waals surface area contributed by atoms with Gasteiger partial charge in [0.25, 0.3) is 0 Å². The highest BCUT2D eigenvalue weighted by Gasteiger charge is 2.29. The standard InChI is InChI=1S/C14H10BNO3/c16-8-10-4-6-11(7-5-10)19-14-3-1-2-13-12(14)9-18-15(13)17/h1-7,17H,9H2. The molecule has 1 heterocycles. The molecule has 0 saturated carbocycles. The molecular formula is C14H10BNO3. The lowest BCUT2D eigenvalue weighted by molar-refractivity contribution is 0.272. The summed E-state index contributed by atoms with van der Waals surface area (Å²) >= 11 is 0. The van der Waals surface area contributed by atoms with Gasteiger partial charge in [-0.2, -0.15) is 5.26 Å². The maximum Gasteiger partial charge on any atom is 0.491 e. The predicted molar refractivity (Wildman–Crippen MR) is 70.1 cm³/mol. The monoisotopic (exact) mass is 251 g/mol. The van der Waals surface area contributed by atoms with Gasteiger partial charge in [0.1, 0.15) is 11.5 Å². The second kappa shape index (κ2) is 4.77.